The number of hydrogen-bond acceptors (Lipinski definition) is 2. The van der Waals surface area contributed by atoms with E-state index in [9.17, 15) is 4.79 Å². The molecule has 3 nitrogen and oxygen atoms in total. The summed E-state index contributed by atoms with van der Waals surface area (Å²) in [6.45, 7) is 4.58. The van der Waals surface area contributed by atoms with Crippen LogP contribution in [0.2, 0.25) is 5.02 Å². The highest BCUT2D eigenvalue weighted by atomic mass is 35.5. The Morgan fingerprint density at radius 3 is 2.47 bits per heavy atom. The average molecular weight is 255 g/mol. The zero-order valence-corrected chi connectivity index (χ0v) is 11.0. The first-order valence-electron chi connectivity index (χ1n) is 5.76. The highest BCUT2D eigenvalue weighted by molar-refractivity contribution is 6.30. The number of hydrogen-bond donors (Lipinski definition) is 2. The zero-order chi connectivity index (χ0) is 12.8. The molecule has 1 amide bonds. The number of benzene rings is 1. The molecule has 0 bridgehead atoms. The molecule has 0 heterocycles. The maximum atomic E-state index is 11.7. The van der Waals surface area contributed by atoms with Gasteiger partial charge in [-0.3, -0.25) is 4.79 Å². The summed E-state index contributed by atoms with van der Waals surface area (Å²) in [5.41, 5.74) is 6.79. The maximum absolute atomic E-state index is 11.7. The van der Waals surface area contributed by atoms with Crippen molar-refractivity contribution in [2.75, 3.05) is 0 Å². The lowest BCUT2D eigenvalue weighted by Crippen LogP contribution is -2.40. The van der Waals surface area contributed by atoms with Gasteiger partial charge in [0.15, 0.2) is 0 Å². The van der Waals surface area contributed by atoms with Crippen molar-refractivity contribution in [2.24, 2.45) is 11.7 Å². The van der Waals surface area contributed by atoms with E-state index in [1.54, 1.807) is 12.1 Å². The van der Waals surface area contributed by atoms with E-state index < -0.39 is 6.04 Å². The normalized spacial score (nSPS) is 12.5. The monoisotopic (exact) mass is 254 g/mol. The highest BCUT2D eigenvalue weighted by Crippen LogP contribution is 2.09. The fourth-order valence-corrected chi connectivity index (χ4v) is 1.66. The summed E-state index contributed by atoms with van der Waals surface area (Å²) in [6.07, 6.45) is 0.701. The Balaban J connectivity index is 2.40. The average Bonchev–Trinajstić information content (AvgIpc) is 2.27. The summed E-state index contributed by atoms with van der Waals surface area (Å²) < 4.78 is 0. The third-order valence-electron chi connectivity index (χ3n) is 2.44. The van der Waals surface area contributed by atoms with Gasteiger partial charge in [0.1, 0.15) is 0 Å². The first-order valence-corrected chi connectivity index (χ1v) is 6.14. The molecule has 4 heteroatoms. The molecule has 0 aliphatic rings. The van der Waals surface area contributed by atoms with E-state index in [2.05, 4.69) is 5.32 Å². The van der Waals surface area contributed by atoms with Gasteiger partial charge in [0.25, 0.3) is 0 Å². The first-order chi connectivity index (χ1) is 7.99. The molecule has 1 unspecified atom stereocenters. The van der Waals surface area contributed by atoms with Crippen LogP contribution in [-0.2, 0) is 11.3 Å². The van der Waals surface area contributed by atoms with Crippen LogP contribution in [0.1, 0.15) is 25.8 Å². The third kappa shape index (κ3) is 5.20. The SMILES string of the molecule is CC(C)CC(N)C(=O)NCc1ccc(Cl)cc1. The quantitative estimate of drug-likeness (QED) is 0.847. The van der Waals surface area contributed by atoms with Crippen LogP contribution < -0.4 is 11.1 Å². The van der Waals surface area contributed by atoms with Gasteiger partial charge in [-0.25, -0.2) is 0 Å². The van der Waals surface area contributed by atoms with Crippen LogP contribution in [-0.4, -0.2) is 11.9 Å². The smallest absolute Gasteiger partial charge is 0.237 e. The second kappa shape index (κ2) is 6.62. The van der Waals surface area contributed by atoms with E-state index in [-0.39, 0.29) is 5.91 Å². The number of amides is 1. The number of carbonyl (C=O) groups excluding carboxylic acids is 1. The summed E-state index contributed by atoms with van der Waals surface area (Å²) in [7, 11) is 0. The maximum Gasteiger partial charge on any atom is 0.237 e. The number of nitrogens with two attached hydrogens (primary N) is 1. The predicted octanol–water partition coefficient (Wildman–Crippen LogP) is 2.33. The Labute approximate surface area is 107 Å². The van der Waals surface area contributed by atoms with Crippen LogP contribution in [0.15, 0.2) is 24.3 Å². The van der Waals surface area contributed by atoms with Crippen LogP contribution in [0.3, 0.4) is 0 Å². The molecule has 0 aromatic heterocycles. The predicted molar refractivity (Wildman–Crippen MR) is 70.7 cm³/mol. The van der Waals surface area contributed by atoms with Crippen molar-refractivity contribution in [2.45, 2.75) is 32.9 Å². The summed E-state index contributed by atoms with van der Waals surface area (Å²) in [5.74, 6) is 0.319. The molecule has 17 heavy (non-hydrogen) atoms. The highest BCUT2D eigenvalue weighted by Gasteiger charge is 2.14. The van der Waals surface area contributed by atoms with Gasteiger partial charge in [-0.05, 0) is 30.0 Å². The van der Waals surface area contributed by atoms with Crippen molar-refractivity contribution >= 4 is 17.5 Å². The van der Waals surface area contributed by atoms with E-state index >= 15 is 0 Å². The standard InChI is InChI=1S/C13H19ClN2O/c1-9(2)7-12(15)13(17)16-8-10-3-5-11(14)6-4-10/h3-6,9,12H,7-8,15H2,1-2H3,(H,16,17). The van der Waals surface area contributed by atoms with Crippen molar-refractivity contribution in [1.82, 2.24) is 5.32 Å². The lowest BCUT2D eigenvalue weighted by Gasteiger charge is -2.14. The van der Waals surface area contributed by atoms with Crippen LogP contribution >= 0.6 is 11.6 Å². The summed E-state index contributed by atoms with van der Waals surface area (Å²) in [6, 6.07) is 6.95. The van der Waals surface area contributed by atoms with E-state index in [1.807, 2.05) is 26.0 Å². The zero-order valence-electron chi connectivity index (χ0n) is 10.2. The Bertz CT molecular complexity index is 362. The summed E-state index contributed by atoms with van der Waals surface area (Å²) in [5, 5.41) is 3.51. The largest absolute Gasteiger partial charge is 0.351 e. The van der Waals surface area contributed by atoms with Gasteiger partial charge in [0.2, 0.25) is 5.91 Å². The fourth-order valence-electron chi connectivity index (χ4n) is 1.54. The van der Waals surface area contributed by atoms with Gasteiger partial charge in [-0.2, -0.15) is 0 Å². The molecule has 3 N–H and O–H groups in total. The van der Waals surface area contributed by atoms with Gasteiger partial charge in [0.05, 0.1) is 6.04 Å². The van der Waals surface area contributed by atoms with Crippen molar-refractivity contribution in [3.63, 3.8) is 0 Å². The lowest BCUT2D eigenvalue weighted by atomic mass is 10.0. The minimum Gasteiger partial charge on any atom is -0.351 e. The molecule has 1 atom stereocenters. The van der Waals surface area contributed by atoms with E-state index in [1.165, 1.54) is 0 Å². The minimum atomic E-state index is -0.428. The Hall–Kier alpha value is -1.06. The number of nitrogens with one attached hydrogen (secondary N) is 1. The van der Waals surface area contributed by atoms with Gasteiger partial charge in [-0.1, -0.05) is 37.6 Å². The van der Waals surface area contributed by atoms with Gasteiger partial charge >= 0.3 is 0 Å². The molecule has 0 saturated heterocycles. The molecule has 0 spiro atoms. The molecule has 0 fully saturated rings. The topological polar surface area (TPSA) is 55.1 Å². The minimum absolute atomic E-state index is 0.103. The first kappa shape index (κ1) is 14.0. The molecule has 94 valence electrons. The molecule has 1 rings (SSSR count). The number of carbonyl (C=O) groups is 1. The van der Waals surface area contributed by atoms with E-state index in [0.29, 0.717) is 23.9 Å². The fraction of sp³-hybridized carbons (Fsp3) is 0.462. The second-order valence-electron chi connectivity index (χ2n) is 4.58. The van der Waals surface area contributed by atoms with Gasteiger partial charge in [-0.15, -0.1) is 0 Å². The lowest BCUT2D eigenvalue weighted by molar-refractivity contribution is -0.122. The molecule has 0 radical (unpaired) electrons. The second-order valence-corrected chi connectivity index (χ2v) is 5.02. The molecule has 0 aliphatic carbocycles. The van der Waals surface area contributed by atoms with Crippen molar-refractivity contribution in [1.29, 1.82) is 0 Å². The van der Waals surface area contributed by atoms with Crippen LogP contribution in [0.5, 0.6) is 0 Å². The molecular weight excluding hydrogens is 236 g/mol. The number of halogens is 1. The Kier molecular flexibility index (Phi) is 5.45. The Morgan fingerprint density at radius 1 is 1.35 bits per heavy atom. The Morgan fingerprint density at radius 2 is 1.94 bits per heavy atom. The summed E-state index contributed by atoms with van der Waals surface area (Å²) in [4.78, 5) is 11.7. The molecule has 1 aromatic carbocycles. The van der Waals surface area contributed by atoms with Crippen molar-refractivity contribution < 1.29 is 4.79 Å². The molecule has 0 aliphatic heterocycles. The third-order valence-corrected chi connectivity index (χ3v) is 2.69. The number of rotatable bonds is 5. The van der Waals surface area contributed by atoms with Crippen LogP contribution in [0, 0.1) is 5.92 Å². The van der Waals surface area contributed by atoms with Crippen molar-refractivity contribution in [3.8, 4) is 0 Å². The molecule has 0 saturated carbocycles. The molecular formula is C13H19ClN2O. The van der Waals surface area contributed by atoms with Crippen LogP contribution in [0.25, 0.3) is 0 Å². The van der Waals surface area contributed by atoms with E-state index in [4.69, 9.17) is 17.3 Å². The van der Waals surface area contributed by atoms with E-state index in [0.717, 1.165) is 5.56 Å². The van der Waals surface area contributed by atoms with Gasteiger partial charge in [0, 0.05) is 11.6 Å². The van der Waals surface area contributed by atoms with Crippen LogP contribution in [0.4, 0.5) is 0 Å². The van der Waals surface area contributed by atoms with Crippen molar-refractivity contribution in [3.05, 3.63) is 34.9 Å². The van der Waals surface area contributed by atoms with Gasteiger partial charge < -0.3 is 11.1 Å². The summed E-state index contributed by atoms with van der Waals surface area (Å²) >= 11 is 5.77. The molecule has 1 aromatic rings.